The van der Waals surface area contributed by atoms with Gasteiger partial charge in [0, 0.05) is 11.7 Å². The zero-order valence-electron chi connectivity index (χ0n) is 11.7. The van der Waals surface area contributed by atoms with Crippen LogP contribution in [0.3, 0.4) is 0 Å². The van der Waals surface area contributed by atoms with Gasteiger partial charge in [0.15, 0.2) is 0 Å². The molecule has 1 N–H and O–H groups in total. The van der Waals surface area contributed by atoms with Gasteiger partial charge in [-0.25, -0.2) is 0 Å². The third-order valence-corrected chi connectivity index (χ3v) is 4.18. The number of halogens is 1. The summed E-state index contributed by atoms with van der Waals surface area (Å²) in [5.41, 5.74) is 1.13. The summed E-state index contributed by atoms with van der Waals surface area (Å²) in [5, 5.41) is 4.38. The second-order valence-corrected chi connectivity index (χ2v) is 6.56. The Bertz CT molecular complexity index is 440. The van der Waals surface area contributed by atoms with Crippen LogP contribution in [0.1, 0.15) is 39.5 Å². The van der Waals surface area contributed by atoms with Crippen LogP contribution in [0.5, 0.6) is 5.75 Å². The third-order valence-electron chi connectivity index (χ3n) is 3.89. The summed E-state index contributed by atoms with van der Waals surface area (Å²) in [5.74, 6) is 2.55. The van der Waals surface area contributed by atoms with E-state index in [1.54, 1.807) is 0 Å². The summed E-state index contributed by atoms with van der Waals surface area (Å²) in [6, 6.07) is 6.72. The third kappa shape index (κ3) is 3.36. The van der Waals surface area contributed by atoms with Crippen LogP contribution in [-0.2, 0) is 0 Å². The Labute approximate surface area is 120 Å². The molecule has 0 heterocycles. The number of ether oxygens (including phenoxy) is 1. The molecule has 0 aliphatic heterocycles. The van der Waals surface area contributed by atoms with Crippen molar-refractivity contribution < 1.29 is 4.74 Å². The first-order valence-corrected chi connectivity index (χ1v) is 7.74. The maximum atomic E-state index is 6.28. The zero-order valence-corrected chi connectivity index (χ0v) is 12.4. The molecule has 0 radical (unpaired) electrons. The molecule has 0 saturated heterocycles. The molecule has 3 heteroatoms. The van der Waals surface area contributed by atoms with Crippen LogP contribution in [0.2, 0.25) is 5.02 Å². The number of anilines is 1. The van der Waals surface area contributed by atoms with E-state index in [9.17, 15) is 0 Å². The van der Waals surface area contributed by atoms with Crippen molar-refractivity contribution in [2.24, 2.45) is 11.8 Å². The lowest BCUT2D eigenvalue weighted by molar-refractivity contribution is 0.242. The van der Waals surface area contributed by atoms with Crippen molar-refractivity contribution in [1.82, 2.24) is 0 Å². The Morgan fingerprint density at radius 2 is 1.79 bits per heavy atom. The average molecular weight is 280 g/mol. The minimum Gasteiger partial charge on any atom is -0.489 e. The van der Waals surface area contributed by atoms with Gasteiger partial charge in [-0.05, 0) is 69.6 Å². The van der Waals surface area contributed by atoms with Crippen LogP contribution in [0, 0.1) is 11.8 Å². The fourth-order valence-electron chi connectivity index (χ4n) is 2.66. The van der Waals surface area contributed by atoms with E-state index in [1.165, 1.54) is 25.7 Å². The number of nitrogens with one attached hydrogen (secondary N) is 1. The number of hydrogen-bond acceptors (Lipinski definition) is 2. The van der Waals surface area contributed by atoms with E-state index in [2.05, 4.69) is 11.4 Å². The topological polar surface area (TPSA) is 21.3 Å². The smallest absolute Gasteiger partial charge is 0.138 e. The van der Waals surface area contributed by atoms with E-state index >= 15 is 0 Å². The van der Waals surface area contributed by atoms with Crippen LogP contribution in [-0.4, -0.2) is 12.1 Å². The Morgan fingerprint density at radius 1 is 1.16 bits per heavy atom. The molecule has 2 nitrogen and oxygen atoms in total. The van der Waals surface area contributed by atoms with Crippen LogP contribution >= 0.6 is 11.6 Å². The van der Waals surface area contributed by atoms with Gasteiger partial charge in [0.25, 0.3) is 0 Å². The molecule has 2 saturated carbocycles. The summed E-state index contributed by atoms with van der Waals surface area (Å²) < 4.78 is 5.66. The Balaban J connectivity index is 1.68. The summed E-state index contributed by atoms with van der Waals surface area (Å²) in [4.78, 5) is 0. The standard InChI is InChI=1S/C16H22ClNO/c1-10(2)19-15-8-7-13(9-14(15)17)18-16(11-3-4-11)12-5-6-12/h7-12,16,18H,3-6H2,1-2H3. The first-order chi connectivity index (χ1) is 9.13. The van der Waals surface area contributed by atoms with E-state index in [-0.39, 0.29) is 6.10 Å². The SMILES string of the molecule is CC(C)Oc1ccc(NC(C2CC2)C2CC2)cc1Cl. The molecule has 0 bridgehead atoms. The molecule has 0 atom stereocenters. The van der Waals surface area contributed by atoms with Gasteiger partial charge in [0.2, 0.25) is 0 Å². The van der Waals surface area contributed by atoms with E-state index in [1.807, 2.05) is 26.0 Å². The van der Waals surface area contributed by atoms with E-state index < -0.39 is 0 Å². The molecule has 1 aromatic rings. The molecular weight excluding hydrogens is 258 g/mol. The molecule has 0 amide bonds. The van der Waals surface area contributed by atoms with Crippen LogP contribution in [0.25, 0.3) is 0 Å². The maximum absolute atomic E-state index is 6.28. The van der Waals surface area contributed by atoms with E-state index in [4.69, 9.17) is 16.3 Å². The second-order valence-electron chi connectivity index (χ2n) is 6.16. The van der Waals surface area contributed by atoms with Gasteiger partial charge in [0.1, 0.15) is 5.75 Å². The zero-order chi connectivity index (χ0) is 13.4. The fourth-order valence-corrected chi connectivity index (χ4v) is 2.89. The number of rotatable bonds is 6. The van der Waals surface area contributed by atoms with Crippen molar-refractivity contribution in [3.05, 3.63) is 23.2 Å². The number of benzene rings is 1. The van der Waals surface area contributed by atoms with Crippen molar-refractivity contribution in [2.75, 3.05) is 5.32 Å². The highest BCUT2D eigenvalue weighted by Gasteiger charge is 2.41. The molecule has 2 fully saturated rings. The Hall–Kier alpha value is -0.890. The van der Waals surface area contributed by atoms with E-state index in [0.717, 1.165) is 23.3 Å². The Morgan fingerprint density at radius 3 is 2.26 bits per heavy atom. The summed E-state index contributed by atoms with van der Waals surface area (Å²) in [6.07, 6.45) is 5.70. The van der Waals surface area contributed by atoms with Gasteiger partial charge in [-0.15, -0.1) is 0 Å². The van der Waals surface area contributed by atoms with Gasteiger partial charge in [-0.1, -0.05) is 11.6 Å². The molecule has 3 rings (SSSR count). The largest absolute Gasteiger partial charge is 0.489 e. The van der Waals surface area contributed by atoms with Gasteiger partial charge in [-0.2, -0.15) is 0 Å². The summed E-state index contributed by atoms with van der Waals surface area (Å²) >= 11 is 6.28. The predicted molar refractivity (Wildman–Crippen MR) is 80.1 cm³/mol. The molecule has 0 unspecified atom stereocenters. The molecular formula is C16H22ClNO. The summed E-state index contributed by atoms with van der Waals surface area (Å²) in [6.45, 7) is 4.03. The van der Waals surface area contributed by atoms with Crippen molar-refractivity contribution >= 4 is 17.3 Å². The van der Waals surface area contributed by atoms with Crippen molar-refractivity contribution in [1.29, 1.82) is 0 Å². The van der Waals surface area contributed by atoms with Crippen LogP contribution < -0.4 is 10.1 Å². The minimum atomic E-state index is 0.155. The van der Waals surface area contributed by atoms with E-state index in [0.29, 0.717) is 11.1 Å². The molecule has 0 spiro atoms. The van der Waals surface area contributed by atoms with Crippen molar-refractivity contribution in [3.8, 4) is 5.75 Å². The van der Waals surface area contributed by atoms with Gasteiger partial charge >= 0.3 is 0 Å². The lowest BCUT2D eigenvalue weighted by Crippen LogP contribution is -2.24. The molecule has 104 valence electrons. The predicted octanol–water partition coefficient (Wildman–Crippen LogP) is 4.73. The lowest BCUT2D eigenvalue weighted by atomic mass is 10.1. The molecule has 19 heavy (non-hydrogen) atoms. The summed E-state index contributed by atoms with van der Waals surface area (Å²) in [7, 11) is 0. The number of hydrogen-bond donors (Lipinski definition) is 1. The molecule has 2 aliphatic rings. The van der Waals surface area contributed by atoms with Crippen molar-refractivity contribution in [3.63, 3.8) is 0 Å². The first kappa shape index (κ1) is 13.1. The normalized spacial score (nSPS) is 19.0. The maximum Gasteiger partial charge on any atom is 0.138 e. The molecule has 2 aliphatic carbocycles. The quantitative estimate of drug-likeness (QED) is 0.813. The van der Waals surface area contributed by atoms with Gasteiger partial charge in [-0.3, -0.25) is 0 Å². The first-order valence-electron chi connectivity index (χ1n) is 7.36. The van der Waals surface area contributed by atoms with Crippen LogP contribution in [0.4, 0.5) is 5.69 Å². The second kappa shape index (κ2) is 5.24. The highest BCUT2D eigenvalue weighted by atomic mass is 35.5. The monoisotopic (exact) mass is 279 g/mol. The minimum absolute atomic E-state index is 0.155. The van der Waals surface area contributed by atoms with Gasteiger partial charge < -0.3 is 10.1 Å². The Kier molecular flexibility index (Phi) is 3.62. The molecule has 1 aromatic carbocycles. The highest BCUT2D eigenvalue weighted by Crippen LogP contribution is 2.46. The lowest BCUT2D eigenvalue weighted by Gasteiger charge is -2.20. The van der Waals surface area contributed by atoms with Gasteiger partial charge in [0.05, 0.1) is 11.1 Å². The fraction of sp³-hybridized carbons (Fsp3) is 0.625. The average Bonchev–Trinajstić information content (AvgIpc) is 3.23. The molecule has 0 aromatic heterocycles. The van der Waals surface area contributed by atoms with Crippen LogP contribution in [0.15, 0.2) is 18.2 Å². The highest BCUT2D eigenvalue weighted by molar-refractivity contribution is 6.32. The van der Waals surface area contributed by atoms with Crippen molar-refractivity contribution in [2.45, 2.75) is 51.7 Å².